The van der Waals surface area contributed by atoms with Gasteiger partial charge in [0.1, 0.15) is 5.75 Å². The Morgan fingerprint density at radius 2 is 1.93 bits per heavy atom. The van der Waals surface area contributed by atoms with Crippen LogP contribution in [0.3, 0.4) is 0 Å². The molecular weight excluding hydrogens is 360 g/mol. The Kier molecular flexibility index (Phi) is 5.93. The van der Waals surface area contributed by atoms with Crippen molar-refractivity contribution in [3.05, 3.63) is 59.7 Å². The van der Waals surface area contributed by atoms with E-state index in [0.29, 0.717) is 11.4 Å². The standard InChI is InChI=1S/C21H22N2O5/c1-28-18-9-5-2-6-13(18)10-14(21(26)27)12-22-20(25)16-11-19(24)23-17-8-4-3-7-15(16)17/h2-9,14,16H,10-12H2,1H3,(H,22,25)(H,23,24)(H,26,27). The number of ether oxygens (including phenoxy) is 1. The zero-order valence-corrected chi connectivity index (χ0v) is 15.5. The lowest BCUT2D eigenvalue weighted by Crippen LogP contribution is -2.39. The number of aliphatic carboxylic acids is 1. The minimum absolute atomic E-state index is 0.0348. The molecule has 1 aliphatic rings. The van der Waals surface area contributed by atoms with Crippen molar-refractivity contribution in [2.45, 2.75) is 18.8 Å². The molecule has 0 bridgehead atoms. The first-order valence-corrected chi connectivity index (χ1v) is 9.00. The lowest BCUT2D eigenvalue weighted by molar-refractivity contribution is -0.141. The van der Waals surface area contributed by atoms with Gasteiger partial charge in [-0.1, -0.05) is 36.4 Å². The molecule has 0 fully saturated rings. The normalized spacial score (nSPS) is 16.5. The number of nitrogens with one attached hydrogen (secondary N) is 2. The molecule has 7 heteroatoms. The highest BCUT2D eigenvalue weighted by Gasteiger charge is 2.31. The number of carbonyl (C=O) groups is 3. The van der Waals surface area contributed by atoms with Gasteiger partial charge in [-0.15, -0.1) is 0 Å². The maximum atomic E-state index is 12.7. The van der Waals surface area contributed by atoms with Crippen LogP contribution in [0.4, 0.5) is 5.69 Å². The first-order chi connectivity index (χ1) is 13.5. The number of methoxy groups -OCH3 is 1. The van der Waals surface area contributed by atoms with E-state index >= 15 is 0 Å². The number of para-hydroxylation sites is 2. The summed E-state index contributed by atoms with van der Waals surface area (Å²) < 4.78 is 5.27. The lowest BCUT2D eigenvalue weighted by atomic mass is 9.89. The zero-order valence-electron chi connectivity index (χ0n) is 15.5. The smallest absolute Gasteiger partial charge is 0.308 e. The van der Waals surface area contributed by atoms with Crippen molar-refractivity contribution in [3.63, 3.8) is 0 Å². The summed E-state index contributed by atoms with van der Waals surface area (Å²) in [7, 11) is 1.53. The van der Waals surface area contributed by atoms with Crippen LogP contribution in [-0.2, 0) is 20.8 Å². The van der Waals surface area contributed by atoms with Crippen LogP contribution in [0.5, 0.6) is 5.75 Å². The largest absolute Gasteiger partial charge is 0.496 e. The topological polar surface area (TPSA) is 105 Å². The molecule has 146 valence electrons. The summed E-state index contributed by atoms with van der Waals surface area (Å²) in [5.74, 6) is -2.43. The molecule has 0 saturated heterocycles. The molecule has 1 heterocycles. The van der Waals surface area contributed by atoms with Crippen molar-refractivity contribution in [1.29, 1.82) is 0 Å². The quantitative estimate of drug-likeness (QED) is 0.681. The second-order valence-electron chi connectivity index (χ2n) is 6.69. The van der Waals surface area contributed by atoms with Crippen LogP contribution >= 0.6 is 0 Å². The second-order valence-corrected chi connectivity index (χ2v) is 6.69. The van der Waals surface area contributed by atoms with E-state index in [-0.39, 0.29) is 31.2 Å². The highest BCUT2D eigenvalue weighted by atomic mass is 16.5. The summed E-state index contributed by atoms with van der Waals surface area (Å²) in [6.45, 7) is -0.0352. The van der Waals surface area contributed by atoms with Crippen LogP contribution in [0.25, 0.3) is 0 Å². The third kappa shape index (κ3) is 4.31. The van der Waals surface area contributed by atoms with E-state index in [1.807, 2.05) is 12.1 Å². The van der Waals surface area contributed by atoms with Gasteiger partial charge in [-0.2, -0.15) is 0 Å². The third-order valence-electron chi connectivity index (χ3n) is 4.85. The Labute approximate surface area is 162 Å². The predicted molar refractivity (Wildman–Crippen MR) is 103 cm³/mol. The second kappa shape index (κ2) is 8.56. The van der Waals surface area contributed by atoms with Gasteiger partial charge in [0, 0.05) is 18.7 Å². The molecule has 1 aliphatic heterocycles. The Hall–Kier alpha value is -3.35. The van der Waals surface area contributed by atoms with Crippen LogP contribution in [0.15, 0.2) is 48.5 Å². The number of hydrogen-bond acceptors (Lipinski definition) is 4. The average Bonchev–Trinajstić information content (AvgIpc) is 2.70. The van der Waals surface area contributed by atoms with E-state index in [9.17, 15) is 19.5 Å². The van der Waals surface area contributed by atoms with Crippen LogP contribution < -0.4 is 15.4 Å². The minimum Gasteiger partial charge on any atom is -0.496 e. The van der Waals surface area contributed by atoms with Gasteiger partial charge in [-0.25, -0.2) is 0 Å². The van der Waals surface area contributed by atoms with Gasteiger partial charge in [-0.3, -0.25) is 14.4 Å². The SMILES string of the molecule is COc1ccccc1CC(CNC(=O)C1CC(=O)Nc2ccccc21)C(=O)O. The van der Waals surface area contributed by atoms with Crippen molar-refractivity contribution in [2.24, 2.45) is 5.92 Å². The number of carboxylic acids is 1. The molecule has 2 amide bonds. The van der Waals surface area contributed by atoms with E-state index < -0.39 is 17.8 Å². The molecule has 2 unspecified atom stereocenters. The van der Waals surface area contributed by atoms with Crippen LogP contribution in [0, 0.1) is 5.92 Å². The Balaban J connectivity index is 1.70. The van der Waals surface area contributed by atoms with Crippen molar-refractivity contribution >= 4 is 23.5 Å². The van der Waals surface area contributed by atoms with Gasteiger partial charge in [0.05, 0.1) is 18.9 Å². The summed E-state index contributed by atoms with van der Waals surface area (Å²) >= 11 is 0. The van der Waals surface area contributed by atoms with Gasteiger partial charge < -0.3 is 20.5 Å². The Morgan fingerprint density at radius 3 is 2.68 bits per heavy atom. The fourth-order valence-corrected chi connectivity index (χ4v) is 3.38. The zero-order chi connectivity index (χ0) is 20.1. The van der Waals surface area contributed by atoms with Crippen molar-refractivity contribution in [1.82, 2.24) is 5.32 Å². The van der Waals surface area contributed by atoms with E-state index in [2.05, 4.69) is 10.6 Å². The predicted octanol–water partition coefficient (Wildman–Crippen LogP) is 2.18. The summed E-state index contributed by atoms with van der Waals surface area (Å²) in [4.78, 5) is 36.3. The lowest BCUT2D eigenvalue weighted by Gasteiger charge is -2.25. The van der Waals surface area contributed by atoms with Crippen molar-refractivity contribution in [3.8, 4) is 5.75 Å². The summed E-state index contributed by atoms with van der Waals surface area (Å²) in [5.41, 5.74) is 2.10. The summed E-state index contributed by atoms with van der Waals surface area (Å²) in [5, 5.41) is 15.0. The van der Waals surface area contributed by atoms with Crippen LogP contribution in [-0.4, -0.2) is 36.5 Å². The fraction of sp³-hybridized carbons (Fsp3) is 0.286. The van der Waals surface area contributed by atoms with Gasteiger partial charge >= 0.3 is 5.97 Å². The average molecular weight is 382 g/mol. The van der Waals surface area contributed by atoms with Crippen molar-refractivity contribution < 1.29 is 24.2 Å². The number of carboxylic acid groups (broad SMARTS) is 1. The van der Waals surface area contributed by atoms with Gasteiger partial charge in [-0.05, 0) is 29.7 Å². The monoisotopic (exact) mass is 382 g/mol. The number of anilines is 1. The summed E-state index contributed by atoms with van der Waals surface area (Å²) in [6.07, 6.45) is 0.258. The van der Waals surface area contributed by atoms with Gasteiger partial charge in [0.2, 0.25) is 11.8 Å². The number of benzene rings is 2. The molecule has 0 radical (unpaired) electrons. The number of amides is 2. The highest BCUT2D eigenvalue weighted by Crippen LogP contribution is 2.32. The van der Waals surface area contributed by atoms with E-state index in [0.717, 1.165) is 11.1 Å². The molecule has 3 rings (SSSR count). The molecule has 2 aromatic carbocycles. The molecule has 2 aromatic rings. The molecule has 0 aromatic heterocycles. The molecular formula is C21H22N2O5. The number of carbonyl (C=O) groups excluding carboxylic acids is 2. The van der Waals surface area contributed by atoms with Gasteiger partial charge in [0.15, 0.2) is 0 Å². The van der Waals surface area contributed by atoms with Crippen molar-refractivity contribution in [2.75, 3.05) is 19.0 Å². The van der Waals surface area contributed by atoms with Crippen LogP contribution in [0.2, 0.25) is 0 Å². The molecule has 0 saturated carbocycles. The first kappa shape index (κ1) is 19.4. The van der Waals surface area contributed by atoms with E-state index in [1.165, 1.54) is 7.11 Å². The number of fused-ring (bicyclic) bond motifs is 1. The Morgan fingerprint density at radius 1 is 1.21 bits per heavy atom. The first-order valence-electron chi connectivity index (χ1n) is 9.00. The van der Waals surface area contributed by atoms with E-state index in [1.54, 1.807) is 36.4 Å². The fourth-order valence-electron chi connectivity index (χ4n) is 3.38. The van der Waals surface area contributed by atoms with Gasteiger partial charge in [0.25, 0.3) is 0 Å². The maximum Gasteiger partial charge on any atom is 0.308 e. The molecule has 2 atom stereocenters. The molecule has 0 spiro atoms. The summed E-state index contributed by atoms with van der Waals surface area (Å²) in [6, 6.07) is 14.3. The molecule has 0 aliphatic carbocycles. The molecule has 7 nitrogen and oxygen atoms in total. The number of rotatable bonds is 7. The van der Waals surface area contributed by atoms with Crippen LogP contribution in [0.1, 0.15) is 23.5 Å². The third-order valence-corrected chi connectivity index (χ3v) is 4.85. The number of hydrogen-bond donors (Lipinski definition) is 3. The van der Waals surface area contributed by atoms with E-state index in [4.69, 9.17) is 4.74 Å². The molecule has 3 N–H and O–H groups in total. The highest BCUT2D eigenvalue weighted by molar-refractivity contribution is 6.01. The molecule has 28 heavy (non-hydrogen) atoms. The minimum atomic E-state index is -1.01. The maximum absolute atomic E-state index is 12.7. The Bertz CT molecular complexity index is 896.